The number of hydrogen-bond donors (Lipinski definition) is 0. The average molecular weight is 131 g/mol. The summed E-state index contributed by atoms with van der Waals surface area (Å²) in [6.45, 7) is 3.91. The summed E-state index contributed by atoms with van der Waals surface area (Å²) in [7, 11) is 0. The molecule has 0 bridgehead atoms. The molecule has 52 valence electrons. The Kier molecular flexibility index (Phi) is 2.67. The van der Waals surface area contributed by atoms with Crippen LogP contribution in [-0.4, -0.2) is 44.0 Å². The lowest BCUT2D eigenvalue weighted by Gasteiger charge is -2.23. The van der Waals surface area contributed by atoms with Gasteiger partial charge in [-0.25, -0.2) is 0 Å². The number of carbonyl (C=O) groups excluding carboxylic acids is 1. The largest absolute Gasteiger partial charge is 0.379 e. The molecule has 0 aliphatic carbocycles. The second kappa shape index (κ2) is 3.58. The summed E-state index contributed by atoms with van der Waals surface area (Å²) in [5, 5.41) is 0. The molecular formula is C6H11NO2. The smallest absolute Gasteiger partial charge is 0.133 e. The van der Waals surface area contributed by atoms with Gasteiger partial charge in [0.2, 0.25) is 0 Å². The first-order chi connectivity index (χ1) is 4.43. The molecule has 0 aromatic heterocycles. The lowest BCUT2D eigenvalue weighted by atomic mass is 10.4. The van der Waals surface area contributed by atoms with Crippen LogP contribution in [0.1, 0.15) is 0 Å². The van der Waals surface area contributed by atoms with Gasteiger partial charge in [-0.05, 0) is 0 Å². The second-order valence-electron chi connectivity index (χ2n) is 2.08. The molecule has 1 aliphatic rings. The van der Waals surface area contributed by atoms with Gasteiger partial charge in [0, 0.05) is 13.1 Å². The van der Waals surface area contributed by atoms with Gasteiger partial charge in [0.1, 0.15) is 6.29 Å². The minimum atomic E-state index is 0.559. The Bertz CT molecular complexity index is 89.1. The quantitative estimate of drug-likeness (QED) is 0.374. The molecule has 1 rings (SSSR count). The highest BCUT2D eigenvalue weighted by Gasteiger charge is 2.07. The van der Waals surface area contributed by atoms with Crippen LogP contribution in [0.2, 0.25) is 0 Å². The van der Waals surface area contributed by atoms with E-state index in [2.05, 4.69) is 4.90 Å². The highest BCUT2D eigenvalue weighted by molar-refractivity contribution is 5.51. The van der Waals surface area contributed by atoms with E-state index in [1.165, 1.54) is 0 Å². The molecule has 1 aliphatic heterocycles. The molecule has 3 heteroatoms. The zero-order valence-corrected chi connectivity index (χ0v) is 5.38. The van der Waals surface area contributed by atoms with Crippen LogP contribution in [0, 0.1) is 0 Å². The zero-order chi connectivity index (χ0) is 6.53. The van der Waals surface area contributed by atoms with E-state index in [9.17, 15) is 4.79 Å². The van der Waals surface area contributed by atoms with E-state index in [0.717, 1.165) is 32.6 Å². The SMILES string of the molecule is [18O]=CCN1CCOCC1. The van der Waals surface area contributed by atoms with Crippen molar-refractivity contribution in [2.45, 2.75) is 0 Å². The lowest BCUT2D eigenvalue weighted by molar-refractivity contribution is -0.109. The topological polar surface area (TPSA) is 29.5 Å². The molecule has 0 aromatic rings. The minimum absolute atomic E-state index is 0.559. The van der Waals surface area contributed by atoms with Crippen LogP contribution in [0.5, 0.6) is 0 Å². The van der Waals surface area contributed by atoms with Crippen molar-refractivity contribution in [2.75, 3.05) is 32.8 Å². The molecule has 0 spiro atoms. The van der Waals surface area contributed by atoms with Gasteiger partial charge in [-0.15, -0.1) is 0 Å². The molecule has 3 nitrogen and oxygen atoms in total. The van der Waals surface area contributed by atoms with E-state index in [1.54, 1.807) is 0 Å². The number of carbonyl (C=O) groups is 1. The summed E-state index contributed by atoms with van der Waals surface area (Å²) in [5.74, 6) is 0. The maximum Gasteiger partial charge on any atom is 0.133 e. The van der Waals surface area contributed by atoms with Gasteiger partial charge < -0.3 is 9.53 Å². The fraction of sp³-hybridized carbons (Fsp3) is 0.833. The average Bonchev–Trinajstić information content (AvgIpc) is 1.91. The van der Waals surface area contributed by atoms with Crippen molar-refractivity contribution in [1.29, 1.82) is 0 Å². The summed E-state index contributed by atoms with van der Waals surface area (Å²) < 4.78 is 5.09. The molecule has 0 radical (unpaired) electrons. The molecule has 0 atom stereocenters. The molecule has 1 heterocycles. The number of aldehydes is 1. The molecule has 0 aromatic carbocycles. The molecule has 9 heavy (non-hydrogen) atoms. The normalized spacial score (nSPS) is 21.8. The standard InChI is InChI=1S/C6H11NO2/c8-4-1-7-2-5-9-6-3-7/h4H,1-3,5-6H2/i8+2. The Morgan fingerprint density at radius 2 is 2.11 bits per heavy atom. The maximum atomic E-state index is 9.99. The van der Waals surface area contributed by atoms with Crippen LogP contribution in [0.3, 0.4) is 0 Å². The number of morpholine rings is 1. The molecule has 0 amide bonds. The van der Waals surface area contributed by atoms with Crippen LogP contribution in [0.25, 0.3) is 0 Å². The molecule has 1 fully saturated rings. The van der Waals surface area contributed by atoms with Gasteiger partial charge in [0.25, 0.3) is 0 Å². The van der Waals surface area contributed by atoms with E-state index >= 15 is 0 Å². The molecule has 0 unspecified atom stereocenters. The van der Waals surface area contributed by atoms with Crippen molar-refractivity contribution in [2.24, 2.45) is 0 Å². The summed E-state index contributed by atoms with van der Waals surface area (Å²) in [4.78, 5) is 12.1. The number of ether oxygens (including phenoxy) is 1. The summed E-state index contributed by atoms with van der Waals surface area (Å²) >= 11 is 0. The van der Waals surface area contributed by atoms with Gasteiger partial charge in [-0.1, -0.05) is 0 Å². The van der Waals surface area contributed by atoms with E-state index in [1.807, 2.05) is 0 Å². The van der Waals surface area contributed by atoms with Crippen molar-refractivity contribution >= 4 is 6.29 Å². The zero-order valence-electron chi connectivity index (χ0n) is 5.38. The van der Waals surface area contributed by atoms with E-state index < -0.39 is 0 Å². The van der Waals surface area contributed by atoms with Gasteiger partial charge in [-0.2, -0.15) is 0 Å². The Hall–Kier alpha value is -0.410. The highest BCUT2D eigenvalue weighted by atomic mass is 18.1. The van der Waals surface area contributed by atoms with Gasteiger partial charge in [0.05, 0.1) is 19.8 Å². The van der Waals surface area contributed by atoms with E-state index in [0.29, 0.717) is 6.54 Å². The molecule has 0 N–H and O–H groups in total. The van der Waals surface area contributed by atoms with Crippen molar-refractivity contribution in [3.05, 3.63) is 0 Å². The number of nitrogens with zero attached hydrogens (tertiary/aromatic N) is 1. The first kappa shape index (κ1) is 6.71. The number of hydrogen-bond acceptors (Lipinski definition) is 3. The first-order valence-corrected chi connectivity index (χ1v) is 3.17. The van der Waals surface area contributed by atoms with E-state index in [4.69, 9.17) is 4.74 Å². The Labute approximate surface area is 54.6 Å². The fourth-order valence-electron chi connectivity index (χ4n) is 0.889. The summed E-state index contributed by atoms with van der Waals surface area (Å²) in [6.07, 6.45) is 0.936. The highest BCUT2D eigenvalue weighted by Crippen LogP contribution is 1.93. The van der Waals surface area contributed by atoms with Crippen LogP contribution in [-0.2, 0) is 9.53 Å². The van der Waals surface area contributed by atoms with Crippen LogP contribution in [0.15, 0.2) is 0 Å². The number of rotatable bonds is 2. The molecule has 0 saturated carbocycles. The maximum absolute atomic E-state index is 9.99. The molecule has 1 saturated heterocycles. The van der Waals surface area contributed by atoms with Gasteiger partial charge in [-0.3, -0.25) is 4.90 Å². The summed E-state index contributed by atoms with van der Waals surface area (Å²) in [6, 6.07) is 0. The summed E-state index contributed by atoms with van der Waals surface area (Å²) in [5.41, 5.74) is 0. The lowest BCUT2D eigenvalue weighted by Crippen LogP contribution is -2.37. The van der Waals surface area contributed by atoms with Crippen molar-refractivity contribution < 1.29 is 9.53 Å². The predicted molar refractivity (Wildman–Crippen MR) is 33.3 cm³/mol. The Morgan fingerprint density at radius 3 is 2.67 bits per heavy atom. The monoisotopic (exact) mass is 131 g/mol. The van der Waals surface area contributed by atoms with Crippen LogP contribution in [0.4, 0.5) is 0 Å². The third kappa shape index (κ3) is 2.11. The van der Waals surface area contributed by atoms with Gasteiger partial charge >= 0.3 is 0 Å². The predicted octanol–water partition coefficient (Wildman–Crippen LogP) is -0.482. The van der Waals surface area contributed by atoms with Crippen molar-refractivity contribution in [3.8, 4) is 0 Å². The van der Waals surface area contributed by atoms with Gasteiger partial charge in [0.15, 0.2) is 0 Å². The van der Waals surface area contributed by atoms with Crippen molar-refractivity contribution in [1.82, 2.24) is 4.90 Å². The Morgan fingerprint density at radius 1 is 1.44 bits per heavy atom. The third-order valence-corrected chi connectivity index (χ3v) is 1.44. The fourth-order valence-corrected chi connectivity index (χ4v) is 0.889. The minimum Gasteiger partial charge on any atom is -0.379 e. The van der Waals surface area contributed by atoms with Crippen LogP contribution >= 0.6 is 0 Å². The first-order valence-electron chi connectivity index (χ1n) is 3.17. The van der Waals surface area contributed by atoms with E-state index in [-0.39, 0.29) is 0 Å². The van der Waals surface area contributed by atoms with Crippen LogP contribution < -0.4 is 0 Å². The second-order valence-corrected chi connectivity index (χ2v) is 2.08. The van der Waals surface area contributed by atoms with Crippen molar-refractivity contribution in [3.63, 3.8) is 0 Å². The third-order valence-electron chi connectivity index (χ3n) is 1.44. The Balaban J connectivity index is 2.15. The molecular weight excluding hydrogens is 120 g/mol.